The van der Waals surface area contributed by atoms with Crippen molar-refractivity contribution in [2.45, 2.75) is 38.3 Å². The summed E-state index contributed by atoms with van der Waals surface area (Å²) in [5.74, 6) is 0. The van der Waals surface area contributed by atoms with Crippen molar-refractivity contribution in [3.05, 3.63) is 70.7 Å². The summed E-state index contributed by atoms with van der Waals surface area (Å²) in [7, 11) is 0. The van der Waals surface area contributed by atoms with E-state index in [1.54, 1.807) is 0 Å². The number of carbonyl (C=O) groups is 1. The van der Waals surface area contributed by atoms with E-state index < -0.39 is 0 Å². The van der Waals surface area contributed by atoms with Crippen LogP contribution in [0.4, 0.5) is 4.79 Å². The molecule has 3 nitrogen and oxygen atoms in total. The van der Waals surface area contributed by atoms with Crippen molar-refractivity contribution in [1.82, 2.24) is 10.2 Å². The molecule has 0 saturated carbocycles. The van der Waals surface area contributed by atoms with E-state index in [-0.39, 0.29) is 12.1 Å². The number of rotatable bonds is 3. The molecular formula is C20H23ClN2O. The summed E-state index contributed by atoms with van der Waals surface area (Å²) < 4.78 is 0. The van der Waals surface area contributed by atoms with E-state index in [2.05, 4.69) is 5.32 Å². The second-order valence-corrected chi connectivity index (χ2v) is 6.63. The number of halogens is 1. The zero-order chi connectivity index (χ0) is 16.8. The minimum Gasteiger partial charge on any atom is -0.334 e. The molecule has 0 radical (unpaired) electrons. The maximum atomic E-state index is 12.8. The molecule has 2 aromatic carbocycles. The Bertz CT molecular complexity index is 674. The second-order valence-electron chi connectivity index (χ2n) is 6.22. The Labute approximate surface area is 148 Å². The Morgan fingerprint density at radius 1 is 1.04 bits per heavy atom. The molecule has 1 fully saturated rings. The monoisotopic (exact) mass is 342 g/mol. The van der Waals surface area contributed by atoms with Crippen LogP contribution in [-0.2, 0) is 6.54 Å². The molecule has 0 bridgehead atoms. The van der Waals surface area contributed by atoms with Crippen molar-refractivity contribution in [2.75, 3.05) is 6.54 Å². The number of hydrogen-bond donors (Lipinski definition) is 1. The Morgan fingerprint density at radius 3 is 2.58 bits per heavy atom. The first-order chi connectivity index (χ1) is 11.8. The lowest BCUT2D eigenvalue weighted by molar-refractivity contribution is 0.175. The van der Waals surface area contributed by atoms with E-state index in [1.807, 2.05) is 59.5 Å². The number of nitrogens with zero attached hydrogens (tertiary/aromatic N) is 1. The number of amides is 2. The van der Waals surface area contributed by atoms with Crippen LogP contribution in [0.5, 0.6) is 0 Å². The summed E-state index contributed by atoms with van der Waals surface area (Å²) in [6.45, 7) is 1.32. The Balaban J connectivity index is 1.74. The predicted molar refractivity (Wildman–Crippen MR) is 98.0 cm³/mol. The molecule has 1 aliphatic rings. The first kappa shape index (κ1) is 16.8. The molecule has 1 heterocycles. The maximum Gasteiger partial charge on any atom is 0.318 e. The zero-order valence-electron chi connectivity index (χ0n) is 13.7. The molecule has 126 valence electrons. The first-order valence-electron chi connectivity index (χ1n) is 8.58. The van der Waals surface area contributed by atoms with Crippen LogP contribution in [0.1, 0.15) is 42.9 Å². The highest BCUT2D eigenvalue weighted by molar-refractivity contribution is 6.31. The zero-order valence-corrected chi connectivity index (χ0v) is 14.5. The average Bonchev–Trinajstić information content (AvgIpc) is 2.87. The number of hydrogen-bond acceptors (Lipinski definition) is 1. The van der Waals surface area contributed by atoms with Crippen LogP contribution in [-0.4, -0.2) is 17.5 Å². The first-order valence-corrected chi connectivity index (χ1v) is 8.96. The fraction of sp³-hybridized carbons (Fsp3) is 0.350. The predicted octanol–water partition coefficient (Wildman–Crippen LogP) is 5.17. The van der Waals surface area contributed by atoms with Gasteiger partial charge in [0.1, 0.15) is 0 Å². The molecule has 0 unspecified atom stereocenters. The van der Waals surface area contributed by atoms with Gasteiger partial charge in [-0.3, -0.25) is 0 Å². The van der Waals surface area contributed by atoms with Crippen LogP contribution in [0.15, 0.2) is 54.6 Å². The van der Waals surface area contributed by atoms with Gasteiger partial charge in [-0.15, -0.1) is 0 Å². The summed E-state index contributed by atoms with van der Waals surface area (Å²) in [6, 6.07) is 17.9. The SMILES string of the molecule is O=C(NCc1ccccc1)N1CCCCC[C@@H]1c1ccccc1Cl. The molecular weight excluding hydrogens is 320 g/mol. The highest BCUT2D eigenvalue weighted by atomic mass is 35.5. The molecule has 0 aliphatic carbocycles. The number of carbonyl (C=O) groups excluding carboxylic acids is 1. The van der Waals surface area contributed by atoms with Gasteiger partial charge in [0.25, 0.3) is 0 Å². The summed E-state index contributed by atoms with van der Waals surface area (Å²) >= 11 is 6.40. The number of urea groups is 1. The summed E-state index contributed by atoms with van der Waals surface area (Å²) in [4.78, 5) is 14.7. The van der Waals surface area contributed by atoms with E-state index in [4.69, 9.17) is 11.6 Å². The maximum absolute atomic E-state index is 12.8. The summed E-state index contributed by atoms with van der Waals surface area (Å²) in [6.07, 6.45) is 4.28. The van der Waals surface area contributed by atoms with Gasteiger partial charge >= 0.3 is 6.03 Å². The Hall–Kier alpha value is -2.00. The topological polar surface area (TPSA) is 32.3 Å². The van der Waals surface area contributed by atoms with Gasteiger partial charge in [0.05, 0.1) is 6.04 Å². The second kappa shape index (κ2) is 8.20. The molecule has 0 spiro atoms. The van der Waals surface area contributed by atoms with Crippen LogP contribution in [0.2, 0.25) is 5.02 Å². The van der Waals surface area contributed by atoms with E-state index in [9.17, 15) is 4.79 Å². The van der Waals surface area contributed by atoms with E-state index >= 15 is 0 Å². The van der Waals surface area contributed by atoms with Crippen LogP contribution < -0.4 is 5.32 Å². The largest absolute Gasteiger partial charge is 0.334 e. The molecule has 24 heavy (non-hydrogen) atoms. The van der Waals surface area contributed by atoms with Gasteiger partial charge in [-0.1, -0.05) is 73.0 Å². The van der Waals surface area contributed by atoms with Crippen molar-refractivity contribution >= 4 is 17.6 Å². The van der Waals surface area contributed by atoms with E-state index in [1.165, 1.54) is 0 Å². The normalized spacial score (nSPS) is 18.0. The van der Waals surface area contributed by atoms with Crippen LogP contribution >= 0.6 is 11.6 Å². The van der Waals surface area contributed by atoms with Gasteiger partial charge in [-0.25, -0.2) is 4.79 Å². The van der Waals surface area contributed by atoms with Crippen molar-refractivity contribution < 1.29 is 4.79 Å². The highest BCUT2D eigenvalue weighted by Crippen LogP contribution is 2.34. The average molecular weight is 343 g/mol. The lowest BCUT2D eigenvalue weighted by atomic mass is 10.0. The molecule has 1 atom stereocenters. The lowest BCUT2D eigenvalue weighted by Crippen LogP contribution is -2.42. The molecule has 1 saturated heterocycles. The van der Waals surface area contributed by atoms with E-state index in [0.29, 0.717) is 6.54 Å². The van der Waals surface area contributed by atoms with Crippen molar-refractivity contribution in [3.8, 4) is 0 Å². The van der Waals surface area contributed by atoms with Gasteiger partial charge in [0, 0.05) is 18.1 Å². The number of likely N-dealkylation sites (tertiary alicyclic amines) is 1. The number of nitrogens with one attached hydrogen (secondary N) is 1. The highest BCUT2D eigenvalue weighted by Gasteiger charge is 2.27. The third kappa shape index (κ3) is 4.09. The molecule has 2 aromatic rings. The minimum absolute atomic E-state index is 0.00864. The fourth-order valence-corrected chi connectivity index (χ4v) is 3.56. The molecule has 2 amide bonds. The molecule has 0 aromatic heterocycles. The van der Waals surface area contributed by atoms with Gasteiger partial charge in [0.2, 0.25) is 0 Å². The Kier molecular flexibility index (Phi) is 5.76. The van der Waals surface area contributed by atoms with Crippen molar-refractivity contribution in [2.24, 2.45) is 0 Å². The quantitative estimate of drug-likeness (QED) is 0.820. The third-order valence-electron chi connectivity index (χ3n) is 4.56. The fourth-order valence-electron chi connectivity index (χ4n) is 3.30. The molecule has 4 heteroatoms. The number of benzene rings is 2. The molecule has 1 aliphatic heterocycles. The molecule has 3 rings (SSSR count). The third-order valence-corrected chi connectivity index (χ3v) is 4.91. The van der Waals surface area contributed by atoms with Crippen molar-refractivity contribution in [3.63, 3.8) is 0 Å². The van der Waals surface area contributed by atoms with Gasteiger partial charge in [-0.2, -0.15) is 0 Å². The standard InChI is InChI=1S/C20H23ClN2O/c21-18-12-7-6-11-17(18)19-13-5-2-8-14-23(19)20(24)22-15-16-9-3-1-4-10-16/h1,3-4,6-7,9-12,19H,2,5,8,13-15H2,(H,22,24)/t19-/m1/s1. The van der Waals surface area contributed by atoms with Gasteiger partial charge < -0.3 is 10.2 Å². The smallest absolute Gasteiger partial charge is 0.318 e. The lowest BCUT2D eigenvalue weighted by Gasteiger charge is -2.31. The van der Waals surface area contributed by atoms with Crippen LogP contribution in [0.25, 0.3) is 0 Å². The van der Waals surface area contributed by atoms with Gasteiger partial charge in [0.15, 0.2) is 0 Å². The summed E-state index contributed by atoms with van der Waals surface area (Å²) in [5.41, 5.74) is 2.16. The summed E-state index contributed by atoms with van der Waals surface area (Å²) in [5, 5.41) is 3.80. The molecule has 1 N–H and O–H groups in total. The minimum atomic E-state index is -0.00864. The van der Waals surface area contributed by atoms with Crippen LogP contribution in [0, 0.1) is 0 Å². The Morgan fingerprint density at radius 2 is 1.79 bits per heavy atom. The van der Waals surface area contributed by atoms with Crippen molar-refractivity contribution in [1.29, 1.82) is 0 Å². The van der Waals surface area contributed by atoms with E-state index in [0.717, 1.165) is 48.4 Å². The van der Waals surface area contributed by atoms with Gasteiger partial charge in [-0.05, 0) is 30.0 Å². The van der Waals surface area contributed by atoms with Crippen LogP contribution in [0.3, 0.4) is 0 Å².